The van der Waals surface area contributed by atoms with Crippen LogP contribution in [0, 0.1) is 6.92 Å². The summed E-state index contributed by atoms with van der Waals surface area (Å²) in [5.41, 5.74) is 3.89. The summed E-state index contributed by atoms with van der Waals surface area (Å²) in [6.07, 6.45) is 4.16. The number of nitrogens with one attached hydrogen (secondary N) is 1. The van der Waals surface area contributed by atoms with E-state index in [1.54, 1.807) is 25.3 Å². The van der Waals surface area contributed by atoms with Crippen molar-refractivity contribution in [2.75, 3.05) is 4.90 Å². The zero-order valence-electron chi connectivity index (χ0n) is 21.5. The summed E-state index contributed by atoms with van der Waals surface area (Å²) >= 11 is 0. The molecule has 3 aromatic rings. The Balaban J connectivity index is 1.20. The normalized spacial score (nSPS) is 22.8. The summed E-state index contributed by atoms with van der Waals surface area (Å²) in [6.45, 7) is 2.09. The maximum atomic E-state index is 13.1. The van der Waals surface area contributed by atoms with Crippen molar-refractivity contribution >= 4 is 11.8 Å². The van der Waals surface area contributed by atoms with Gasteiger partial charge >= 0.3 is 12.3 Å². The minimum atomic E-state index is -4.78. The zero-order valence-corrected chi connectivity index (χ0v) is 21.5. The molecule has 4 heterocycles. The van der Waals surface area contributed by atoms with Crippen LogP contribution >= 0.6 is 0 Å². The topological polar surface area (TPSA) is 87.7 Å². The van der Waals surface area contributed by atoms with E-state index >= 15 is 0 Å². The summed E-state index contributed by atoms with van der Waals surface area (Å²) in [4.78, 5) is 21.5. The molecule has 10 heteroatoms. The summed E-state index contributed by atoms with van der Waals surface area (Å²) in [5, 5.41) is 9.34. The summed E-state index contributed by atoms with van der Waals surface area (Å²) in [6, 6.07) is 8.56. The van der Waals surface area contributed by atoms with Crippen LogP contribution in [-0.2, 0) is 11.3 Å². The average Bonchev–Trinajstić information content (AvgIpc) is 3.58. The molecule has 3 fully saturated rings. The first-order valence-electron chi connectivity index (χ1n) is 13.3. The van der Waals surface area contributed by atoms with E-state index in [1.165, 1.54) is 18.3 Å². The average molecular weight is 542 g/mol. The van der Waals surface area contributed by atoms with Crippen LogP contribution in [0.25, 0.3) is 11.1 Å². The fourth-order valence-corrected chi connectivity index (χ4v) is 6.25. The van der Waals surface area contributed by atoms with Gasteiger partial charge in [0.2, 0.25) is 0 Å². The fraction of sp³-hybridized carbons (Fsp3) is 0.448. The van der Waals surface area contributed by atoms with E-state index < -0.39 is 12.3 Å². The molecular formula is C29H30F3N3O4. The Hall–Kier alpha value is -3.53. The quantitative estimate of drug-likeness (QED) is 0.335. The number of alkyl halides is 3. The van der Waals surface area contributed by atoms with Crippen LogP contribution in [0.4, 0.5) is 19.0 Å². The van der Waals surface area contributed by atoms with Gasteiger partial charge in [0.05, 0.1) is 18.3 Å². The van der Waals surface area contributed by atoms with Gasteiger partial charge in [0.1, 0.15) is 11.6 Å². The Kier molecular flexibility index (Phi) is 6.53. The number of hydrogen-bond donors (Lipinski definition) is 2. The standard InChI is InChI=1S/C29H30F3N3O4/c1-16-10-26(33-13-22(16)28(36)37)35-18-8-9-19(35)12-20(11-18)38-15-24-23(14-34-27(24)17-6-7-17)21-4-2-3-5-25(21)39-29(30,31)32/h2-5,10,13-14,17-20,34H,6-9,11-12,15H2,1H3,(H,36,37). The molecule has 2 saturated heterocycles. The second kappa shape index (κ2) is 9.89. The molecule has 3 aliphatic rings. The fourth-order valence-electron chi connectivity index (χ4n) is 6.25. The number of carboxylic acid groups (broad SMARTS) is 1. The van der Waals surface area contributed by atoms with Gasteiger partial charge in [-0.3, -0.25) is 0 Å². The molecule has 2 unspecified atom stereocenters. The molecule has 1 saturated carbocycles. The van der Waals surface area contributed by atoms with Crippen LogP contribution in [0.1, 0.15) is 71.6 Å². The van der Waals surface area contributed by atoms with Crippen molar-refractivity contribution in [3.63, 3.8) is 0 Å². The molecule has 1 aliphatic carbocycles. The Morgan fingerprint density at radius 2 is 1.85 bits per heavy atom. The van der Waals surface area contributed by atoms with Gasteiger partial charge < -0.3 is 24.5 Å². The van der Waals surface area contributed by atoms with E-state index in [0.717, 1.165) is 55.6 Å². The number of carbonyl (C=O) groups is 1. The molecule has 0 radical (unpaired) electrons. The van der Waals surface area contributed by atoms with Gasteiger partial charge in [-0.2, -0.15) is 0 Å². The molecular weight excluding hydrogens is 511 g/mol. The lowest BCUT2D eigenvalue weighted by atomic mass is 9.98. The second-order valence-corrected chi connectivity index (χ2v) is 10.8. The van der Waals surface area contributed by atoms with Crippen LogP contribution in [0.15, 0.2) is 42.7 Å². The third kappa shape index (κ3) is 5.22. The molecule has 2 aliphatic heterocycles. The number of aryl methyl sites for hydroxylation is 1. The number of H-pyrrole nitrogens is 1. The van der Waals surface area contributed by atoms with Crippen molar-refractivity contribution in [1.82, 2.24) is 9.97 Å². The molecule has 2 bridgehead atoms. The van der Waals surface area contributed by atoms with Gasteiger partial charge in [0, 0.05) is 46.9 Å². The monoisotopic (exact) mass is 541 g/mol. The molecule has 7 nitrogen and oxygen atoms in total. The number of aromatic nitrogens is 2. The van der Waals surface area contributed by atoms with Crippen molar-refractivity contribution in [2.45, 2.75) is 82.5 Å². The smallest absolute Gasteiger partial charge is 0.478 e. The van der Waals surface area contributed by atoms with Gasteiger partial charge in [-0.1, -0.05) is 18.2 Å². The number of hydrogen-bond acceptors (Lipinski definition) is 5. The number of para-hydroxylation sites is 1. The van der Waals surface area contributed by atoms with Crippen LogP contribution in [0.5, 0.6) is 5.75 Å². The number of pyridine rings is 1. The van der Waals surface area contributed by atoms with Crippen molar-refractivity contribution in [3.05, 3.63) is 65.1 Å². The third-order valence-electron chi connectivity index (χ3n) is 8.16. The highest BCUT2D eigenvalue weighted by Gasteiger charge is 2.42. The molecule has 2 aromatic heterocycles. The van der Waals surface area contributed by atoms with Crippen LogP contribution < -0.4 is 9.64 Å². The van der Waals surface area contributed by atoms with Crippen molar-refractivity contribution in [3.8, 4) is 16.9 Å². The predicted octanol–water partition coefficient (Wildman–Crippen LogP) is 6.58. The number of nitrogens with zero attached hydrogens (tertiary/aromatic N) is 2. The van der Waals surface area contributed by atoms with Crippen molar-refractivity contribution in [1.29, 1.82) is 0 Å². The number of benzene rings is 1. The van der Waals surface area contributed by atoms with Gasteiger partial charge in [-0.15, -0.1) is 13.2 Å². The highest BCUT2D eigenvalue weighted by atomic mass is 19.4. The Labute approximate surface area is 224 Å². The Morgan fingerprint density at radius 1 is 1.13 bits per heavy atom. The number of fused-ring (bicyclic) bond motifs is 2. The van der Waals surface area contributed by atoms with E-state index in [4.69, 9.17) is 4.74 Å². The number of aromatic carboxylic acids is 1. The number of ether oxygens (including phenoxy) is 2. The predicted molar refractivity (Wildman–Crippen MR) is 138 cm³/mol. The number of piperidine rings is 1. The lowest BCUT2D eigenvalue weighted by Gasteiger charge is -2.40. The van der Waals surface area contributed by atoms with Crippen molar-refractivity contribution < 1.29 is 32.5 Å². The number of anilines is 1. The van der Waals surface area contributed by atoms with Crippen LogP contribution in [0.2, 0.25) is 0 Å². The first kappa shape index (κ1) is 25.7. The van der Waals surface area contributed by atoms with Crippen molar-refractivity contribution in [2.24, 2.45) is 0 Å². The maximum Gasteiger partial charge on any atom is 0.573 e. The van der Waals surface area contributed by atoms with E-state index in [-0.39, 0.29) is 29.5 Å². The van der Waals surface area contributed by atoms with Gasteiger partial charge in [0.25, 0.3) is 0 Å². The minimum Gasteiger partial charge on any atom is -0.478 e. The molecule has 0 spiro atoms. The number of halogens is 3. The van der Waals surface area contributed by atoms with Gasteiger partial charge in [-0.25, -0.2) is 9.78 Å². The number of carboxylic acids is 1. The summed E-state index contributed by atoms with van der Waals surface area (Å²) < 4.78 is 50.1. The highest BCUT2D eigenvalue weighted by Crippen LogP contribution is 2.46. The molecule has 2 atom stereocenters. The molecule has 39 heavy (non-hydrogen) atoms. The largest absolute Gasteiger partial charge is 0.573 e. The van der Waals surface area contributed by atoms with Crippen LogP contribution in [0.3, 0.4) is 0 Å². The van der Waals surface area contributed by atoms with Gasteiger partial charge in [-0.05, 0) is 69.1 Å². The minimum absolute atomic E-state index is 0.00890. The Bertz CT molecular complexity index is 1370. The van der Waals surface area contributed by atoms with E-state index in [0.29, 0.717) is 29.2 Å². The van der Waals surface area contributed by atoms with E-state index in [1.807, 2.05) is 6.07 Å². The Morgan fingerprint density at radius 3 is 2.49 bits per heavy atom. The first-order chi connectivity index (χ1) is 18.7. The van der Waals surface area contributed by atoms with E-state index in [2.05, 4.69) is 19.6 Å². The van der Waals surface area contributed by atoms with Crippen LogP contribution in [-0.4, -0.2) is 45.6 Å². The lowest BCUT2D eigenvalue weighted by Crippen LogP contribution is -2.46. The summed E-state index contributed by atoms with van der Waals surface area (Å²) in [7, 11) is 0. The summed E-state index contributed by atoms with van der Waals surface area (Å²) in [5.74, 6) is -0.0394. The molecule has 6 rings (SSSR count). The molecule has 1 aromatic carbocycles. The molecule has 0 amide bonds. The maximum absolute atomic E-state index is 13.1. The molecule has 206 valence electrons. The number of rotatable bonds is 8. The third-order valence-corrected chi connectivity index (χ3v) is 8.16. The lowest BCUT2D eigenvalue weighted by molar-refractivity contribution is -0.274. The van der Waals surface area contributed by atoms with Gasteiger partial charge in [0.15, 0.2) is 0 Å². The second-order valence-electron chi connectivity index (χ2n) is 10.8. The SMILES string of the molecule is Cc1cc(N2C3CCC2CC(OCc2c(-c4ccccc4OC(F)(F)F)c[nH]c2C2CC2)C3)ncc1C(=O)O. The number of aromatic amines is 1. The first-order valence-corrected chi connectivity index (χ1v) is 13.3. The highest BCUT2D eigenvalue weighted by molar-refractivity contribution is 5.89. The molecule has 2 N–H and O–H groups in total. The zero-order chi connectivity index (χ0) is 27.3. The van der Waals surface area contributed by atoms with E-state index in [9.17, 15) is 23.1 Å².